The molecule has 0 aliphatic carbocycles. The number of nitrogens with zero attached hydrogens (tertiary/aromatic N) is 4. The maximum absolute atomic E-state index is 13.4. The van der Waals surface area contributed by atoms with Crippen LogP contribution in [0, 0.1) is 0 Å². The molecule has 2 N–H and O–H groups in total. The molecule has 2 atom stereocenters. The number of aromatic nitrogens is 1. The summed E-state index contributed by atoms with van der Waals surface area (Å²) in [6.45, 7) is 1.07. The number of rotatable bonds is 5. The zero-order valence-electron chi connectivity index (χ0n) is 19.9. The number of carbonyl (C=O) groups is 4. The Balaban J connectivity index is 1.56. The molecule has 3 heterocycles. The van der Waals surface area contributed by atoms with Gasteiger partial charge in [0, 0.05) is 57.4 Å². The van der Waals surface area contributed by atoms with Crippen molar-refractivity contribution in [1.82, 2.24) is 25.4 Å². The first-order chi connectivity index (χ1) is 16.8. The highest BCUT2D eigenvalue weighted by Gasteiger charge is 2.39. The highest BCUT2D eigenvalue weighted by atomic mass is 16.2. The summed E-state index contributed by atoms with van der Waals surface area (Å²) in [4.78, 5) is 61.0. The van der Waals surface area contributed by atoms with Crippen molar-refractivity contribution in [2.75, 3.05) is 45.2 Å². The van der Waals surface area contributed by atoms with Gasteiger partial charge in [0.15, 0.2) is 0 Å². The summed E-state index contributed by atoms with van der Waals surface area (Å²) in [6.07, 6.45) is 4.35. The lowest BCUT2D eigenvalue weighted by Gasteiger charge is -2.41. The van der Waals surface area contributed by atoms with Crippen LogP contribution in [0.2, 0.25) is 0 Å². The van der Waals surface area contributed by atoms with Crippen LogP contribution in [0.15, 0.2) is 48.8 Å². The van der Waals surface area contributed by atoms with E-state index in [9.17, 15) is 19.2 Å². The van der Waals surface area contributed by atoms with Crippen LogP contribution in [-0.2, 0) is 9.59 Å². The number of hydrogen-bond acceptors (Lipinski definition) is 6. The Morgan fingerprint density at radius 2 is 1.83 bits per heavy atom. The van der Waals surface area contributed by atoms with Gasteiger partial charge in [-0.25, -0.2) is 0 Å². The summed E-state index contributed by atoms with van der Waals surface area (Å²) >= 11 is 0. The highest BCUT2D eigenvalue weighted by Crippen LogP contribution is 2.19. The summed E-state index contributed by atoms with van der Waals surface area (Å²) in [7, 11) is 3.83. The summed E-state index contributed by atoms with van der Waals surface area (Å²) in [6, 6.07) is 8.91. The zero-order valence-corrected chi connectivity index (χ0v) is 19.9. The standard InChI is InChI=1S/C25H30N6O4/c1-29(2)19-9-7-17(8-10-19)25(35)31-14-13-30(24(34)18-5-3-11-26-15-18)16-21(31)23(33)28-20-6-4-12-27-22(20)32/h3,5,7-11,15,20-21H,4,6,12-14,16H2,1-2H3,(H,27,32)(H,28,33)/t20-,21-/m0/s1. The first-order valence-electron chi connectivity index (χ1n) is 11.7. The lowest BCUT2D eigenvalue weighted by atomic mass is 10.0. The molecule has 2 aromatic rings. The number of piperazine rings is 1. The third kappa shape index (κ3) is 5.42. The predicted octanol–water partition coefficient (Wildman–Crippen LogP) is 0.509. The van der Waals surface area contributed by atoms with Gasteiger partial charge in [-0.2, -0.15) is 0 Å². The van der Waals surface area contributed by atoms with Crippen LogP contribution in [0.5, 0.6) is 0 Å². The molecular formula is C25H30N6O4. The van der Waals surface area contributed by atoms with Crippen molar-refractivity contribution in [3.63, 3.8) is 0 Å². The van der Waals surface area contributed by atoms with Gasteiger partial charge in [0.1, 0.15) is 12.1 Å². The molecule has 10 nitrogen and oxygen atoms in total. The van der Waals surface area contributed by atoms with E-state index in [2.05, 4.69) is 15.6 Å². The first kappa shape index (κ1) is 24.2. The fourth-order valence-electron chi connectivity index (χ4n) is 4.35. The number of hydrogen-bond donors (Lipinski definition) is 2. The van der Waals surface area contributed by atoms with E-state index in [-0.39, 0.29) is 37.4 Å². The smallest absolute Gasteiger partial charge is 0.255 e. The van der Waals surface area contributed by atoms with Gasteiger partial charge in [0.25, 0.3) is 11.8 Å². The second-order valence-corrected chi connectivity index (χ2v) is 8.94. The monoisotopic (exact) mass is 478 g/mol. The summed E-state index contributed by atoms with van der Waals surface area (Å²) in [5.41, 5.74) is 1.82. The molecule has 0 radical (unpaired) electrons. The maximum atomic E-state index is 13.4. The van der Waals surface area contributed by atoms with E-state index >= 15 is 0 Å². The molecule has 4 amide bonds. The maximum Gasteiger partial charge on any atom is 0.255 e. The largest absolute Gasteiger partial charge is 0.378 e. The molecule has 4 rings (SSSR count). The SMILES string of the molecule is CN(C)c1ccc(C(=O)N2CCN(C(=O)c3cccnc3)C[C@H]2C(=O)N[C@H]2CCCNC2=O)cc1. The minimum atomic E-state index is -0.930. The number of carbonyl (C=O) groups excluding carboxylic acids is 4. The van der Waals surface area contributed by atoms with Crippen molar-refractivity contribution in [1.29, 1.82) is 0 Å². The Morgan fingerprint density at radius 3 is 2.49 bits per heavy atom. The van der Waals surface area contributed by atoms with Crippen molar-refractivity contribution in [2.24, 2.45) is 0 Å². The first-order valence-corrected chi connectivity index (χ1v) is 11.7. The van der Waals surface area contributed by atoms with Crippen molar-refractivity contribution in [2.45, 2.75) is 24.9 Å². The second kappa shape index (κ2) is 10.5. The van der Waals surface area contributed by atoms with Gasteiger partial charge < -0.3 is 25.3 Å². The Morgan fingerprint density at radius 1 is 1.06 bits per heavy atom. The van der Waals surface area contributed by atoms with Crippen molar-refractivity contribution in [3.8, 4) is 0 Å². The van der Waals surface area contributed by atoms with Crippen molar-refractivity contribution < 1.29 is 19.2 Å². The molecular weight excluding hydrogens is 448 g/mol. The van der Waals surface area contributed by atoms with Gasteiger partial charge in [-0.05, 0) is 49.2 Å². The van der Waals surface area contributed by atoms with Gasteiger partial charge in [-0.15, -0.1) is 0 Å². The van der Waals surface area contributed by atoms with Gasteiger partial charge >= 0.3 is 0 Å². The molecule has 0 bridgehead atoms. The molecule has 0 saturated carbocycles. The van der Waals surface area contributed by atoms with Crippen LogP contribution in [0.1, 0.15) is 33.6 Å². The van der Waals surface area contributed by atoms with Gasteiger partial charge in [-0.3, -0.25) is 24.2 Å². The number of nitrogens with one attached hydrogen (secondary N) is 2. The highest BCUT2D eigenvalue weighted by molar-refractivity contribution is 6.00. The molecule has 0 spiro atoms. The fraction of sp³-hybridized carbons (Fsp3) is 0.400. The topological polar surface area (TPSA) is 115 Å². The summed E-state index contributed by atoms with van der Waals surface area (Å²) < 4.78 is 0. The molecule has 35 heavy (non-hydrogen) atoms. The molecule has 2 aliphatic heterocycles. The van der Waals surface area contributed by atoms with Gasteiger partial charge in [-0.1, -0.05) is 0 Å². The summed E-state index contributed by atoms with van der Waals surface area (Å²) in [5, 5.41) is 5.55. The number of amides is 4. The number of benzene rings is 1. The zero-order chi connectivity index (χ0) is 24.9. The molecule has 2 saturated heterocycles. The average Bonchev–Trinajstić information content (AvgIpc) is 2.89. The molecule has 1 aromatic heterocycles. The van der Waals surface area contributed by atoms with Crippen molar-refractivity contribution in [3.05, 3.63) is 59.9 Å². The minimum Gasteiger partial charge on any atom is -0.378 e. The van der Waals surface area contributed by atoms with E-state index in [1.807, 2.05) is 31.1 Å². The fourth-order valence-corrected chi connectivity index (χ4v) is 4.35. The lowest BCUT2D eigenvalue weighted by molar-refractivity contribution is -0.133. The van der Waals surface area contributed by atoms with Crippen LogP contribution in [0.25, 0.3) is 0 Å². The molecule has 2 fully saturated rings. The van der Waals surface area contributed by atoms with E-state index in [4.69, 9.17) is 0 Å². The molecule has 184 valence electrons. The van der Waals surface area contributed by atoms with E-state index in [0.29, 0.717) is 24.1 Å². The number of anilines is 1. The molecule has 2 aliphatic rings. The third-order valence-electron chi connectivity index (χ3n) is 6.37. The third-order valence-corrected chi connectivity index (χ3v) is 6.37. The van der Waals surface area contributed by atoms with Crippen molar-refractivity contribution >= 4 is 29.3 Å². The van der Waals surface area contributed by atoms with Crippen LogP contribution in [-0.4, -0.2) is 90.8 Å². The quantitative estimate of drug-likeness (QED) is 0.647. The van der Waals surface area contributed by atoms with Crippen LogP contribution in [0.4, 0.5) is 5.69 Å². The Kier molecular flexibility index (Phi) is 7.28. The Labute approximate surface area is 204 Å². The van der Waals surface area contributed by atoms with E-state index in [1.165, 1.54) is 11.1 Å². The van der Waals surface area contributed by atoms with E-state index < -0.39 is 18.0 Å². The van der Waals surface area contributed by atoms with Gasteiger partial charge in [0.2, 0.25) is 11.8 Å². The van der Waals surface area contributed by atoms with Crippen LogP contribution in [0.3, 0.4) is 0 Å². The minimum absolute atomic E-state index is 0.0232. The second-order valence-electron chi connectivity index (χ2n) is 8.94. The summed E-state index contributed by atoms with van der Waals surface area (Å²) in [5.74, 6) is -1.24. The molecule has 10 heteroatoms. The normalized spacial score (nSPS) is 20.1. The van der Waals surface area contributed by atoms with E-state index in [0.717, 1.165) is 12.1 Å². The number of piperidine rings is 1. The van der Waals surface area contributed by atoms with E-state index in [1.54, 1.807) is 35.4 Å². The predicted molar refractivity (Wildman–Crippen MR) is 130 cm³/mol. The average molecular weight is 479 g/mol. The van der Waals surface area contributed by atoms with Crippen LogP contribution < -0.4 is 15.5 Å². The molecule has 0 unspecified atom stereocenters. The Bertz CT molecular complexity index is 1090. The lowest BCUT2D eigenvalue weighted by Crippen LogP contribution is -2.63. The Hall–Kier alpha value is -3.95. The number of pyridine rings is 1. The molecule has 1 aromatic carbocycles. The van der Waals surface area contributed by atoms with Gasteiger partial charge in [0.05, 0.1) is 12.1 Å². The van der Waals surface area contributed by atoms with Crippen LogP contribution >= 0.6 is 0 Å².